The summed E-state index contributed by atoms with van der Waals surface area (Å²) < 4.78 is 13.6. The predicted octanol–water partition coefficient (Wildman–Crippen LogP) is 15.5. The second-order valence-electron chi connectivity index (χ2n) is 15.3. The molecule has 0 atom stereocenters. The summed E-state index contributed by atoms with van der Waals surface area (Å²) in [6.45, 7) is 0. The highest BCUT2D eigenvalue weighted by Gasteiger charge is 2.19. The molecule has 0 amide bonds. The molecule has 0 aliphatic rings. The van der Waals surface area contributed by atoms with Crippen molar-refractivity contribution in [2.24, 2.45) is 0 Å². The van der Waals surface area contributed by atoms with Gasteiger partial charge in [0.15, 0.2) is 0 Å². The molecule has 13 aromatic rings. The predicted molar refractivity (Wildman–Crippen MR) is 246 cm³/mol. The van der Waals surface area contributed by atoms with Gasteiger partial charge in [-0.3, -0.25) is 0 Å². The van der Waals surface area contributed by atoms with E-state index in [1.54, 1.807) is 0 Å². The summed E-state index contributed by atoms with van der Waals surface area (Å²) in [6.07, 6.45) is 0. The zero-order valence-corrected chi connectivity index (χ0v) is 32.0. The minimum atomic E-state index is 0.914. The number of fused-ring (bicyclic) bond motifs is 13. The molecule has 0 radical (unpaired) electrons. The molecule has 270 valence electrons. The maximum absolute atomic E-state index is 6.13. The Kier molecular flexibility index (Phi) is 6.60. The third kappa shape index (κ3) is 4.55. The highest BCUT2D eigenvalue weighted by molar-refractivity contribution is 7.26. The lowest BCUT2D eigenvalue weighted by Crippen LogP contribution is -1.94. The summed E-state index contributed by atoms with van der Waals surface area (Å²) in [4.78, 5) is 0. The molecular formula is C54H32N2OS. The molecule has 0 saturated heterocycles. The Labute approximate surface area is 336 Å². The van der Waals surface area contributed by atoms with Gasteiger partial charge in [-0.05, 0) is 101 Å². The number of aromatic nitrogens is 2. The Morgan fingerprint density at radius 1 is 0.328 bits per heavy atom. The summed E-state index contributed by atoms with van der Waals surface area (Å²) in [5.74, 6) is 0. The molecule has 4 aromatic heterocycles. The number of furan rings is 1. The van der Waals surface area contributed by atoms with Crippen LogP contribution < -0.4 is 0 Å². The zero-order valence-electron chi connectivity index (χ0n) is 31.2. The van der Waals surface area contributed by atoms with Gasteiger partial charge in [0.05, 0.1) is 22.1 Å². The summed E-state index contributed by atoms with van der Waals surface area (Å²) in [7, 11) is 0. The second-order valence-corrected chi connectivity index (χ2v) is 16.3. The Morgan fingerprint density at radius 3 is 1.69 bits per heavy atom. The molecule has 0 unspecified atom stereocenters. The van der Waals surface area contributed by atoms with E-state index in [1.165, 1.54) is 91.7 Å². The lowest BCUT2D eigenvalue weighted by molar-refractivity contribution is 0.669. The summed E-state index contributed by atoms with van der Waals surface area (Å²) in [6, 6.07) is 70.7. The van der Waals surface area contributed by atoms with Gasteiger partial charge in [0, 0.05) is 63.9 Å². The van der Waals surface area contributed by atoms with Gasteiger partial charge in [0.2, 0.25) is 0 Å². The Balaban J connectivity index is 0.951. The van der Waals surface area contributed by atoms with Gasteiger partial charge in [-0.1, -0.05) is 115 Å². The van der Waals surface area contributed by atoms with Gasteiger partial charge >= 0.3 is 0 Å². The van der Waals surface area contributed by atoms with E-state index in [-0.39, 0.29) is 0 Å². The first-order chi connectivity index (χ1) is 28.7. The Bertz CT molecular complexity index is 3760. The SMILES string of the molecule is c1cc(-c2cccc(-n3c4ccccc4c4c5sc6ccc(-n7c8ccccc8c8ccccc87)cc6c5ccc43)c2)cc(-c2ccc3oc4ccccc4c3c2)c1. The molecule has 58 heavy (non-hydrogen) atoms. The topological polar surface area (TPSA) is 23.0 Å². The minimum Gasteiger partial charge on any atom is -0.456 e. The van der Waals surface area contributed by atoms with Crippen LogP contribution in [0.5, 0.6) is 0 Å². The van der Waals surface area contributed by atoms with Crippen LogP contribution in [0.25, 0.3) is 119 Å². The van der Waals surface area contributed by atoms with Crippen molar-refractivity contribution in [2.75, 3.05) is 0 Å². The van der Waals surface area contributed by atoms with Crippen molar-refractivity contribution in [2.45, 2.75) is 0 Å². The molecule has 4 heterocycles. The van der Waals surface area contributed by atoms with Crippen molar-refractivity contribution in [3.8, 4) is 33.6 Å². The molecule has 4 heteroatoms. The first-order valence-corrected chi connectivity index (χ1v) is 20.6. The average Bonchev–Trinajstić information content (AvgIpc) is 4.03. The zero-order chi connectivity index (χ0) is 37.9. The van der Waals surface area contributed by atoms with Crippen LogP contribution in [0.1, 0.15) is 0 Å². The number of hydrogen-bond acceptors (Lipinski definition) is 2. The molecule has 0 N–H and O–H groups in total. The van der Waals surface area contributed by atoms with Crippen molar-refractivity contribution < 1.29 is 4.42 Å². The van der Waals surface area contributed by atoms with E-state index < -0.39 is 0 Å². The molecular weight excluding hydrogens is 725 g/mol. The molecule has 9 aromatic carbocycles. The van der Waals surface area contributed by atoms with Crippen molar-refractivity contribution in [1.82, 2.24) is 9.13 Å². The second kappa shape index (κ2) is 12.1. The number of nitrogens with zero attached hydrogens (tertiary/aromatic N) is 2. The van der Waals surface area contributed by atoms with Crippen LogP contribution in [-0.4, -0.2) is 9.13 Å². The first kappa shape index (κ1) is 31.8. The van der Waals surface area contributed by atoms with E-state index in [2.05, 4.69) is 191 Å². The lowest BCUT2D eigenvalue weighted by atomic mass is 9.97. The smallest absolute Gasteiger partial charge is 0.135 e. The third-order valence-corrected chi connectivity index (χ3v) is 13.3. The molecule has 3 nitrogen and oxygen atoms in total. The van der Waals surface area contributed by atoms with Crippen LogP contribution >= 0.6 is 11.3 Å². The van der Waals surface area contributed by atoms with Crippen LogP contribution in [0.15, 0.2) is 199 Å². The third-order valence-electron chi connectivity index (χ3n) is 12.1. The average molecular weight is 757 g/mol. The van der Waals surface area contributed by atoms with Gasteiger partial charge in [-0.2, -0.15) is 0 Å². The van der Waals surface area contributed by atoms with Crippen LogP contribution in [0.4, 0.5) is 0 Å². The quantitative estimate of drug-likeness (QED) is 0.175. The fraction of sp³-hybridized carbons (Fsp3) is 0. The maximum atomic E-state index is 6.13. The molecule has 0 fully saturated rings. The monoisotopic (exact) mass is 756 g/mol. The standard InChI is InChI=1S/C54H32N2OS/c1-5-19-46-39(15-1)40-16-2-6-20-47(40)55(46)38-24-28-52-45(32-38)42-25-26-49-53(54(42)58-52)43-18-3-7-21-48(43)56(49)37-14-10-13-35(30-37)33-11-9-12-34(29-33)36-23-27-51-44(31-36)41-17-4-8-22-50(41)57-51/h1-32H. The van der Waals surface area contributed by atoms with Crippen LogP contribution in [0.2, 0.25) is 0 Å². The van der Waals surface area contributed by atoms with E-state index in [0.717, 1.165) is 27.6 Å². The maximum Gasteiger partial charge on any atom is 0.135 e. The molecule has 13 rings (SSSR count). The van der Waals surface area contributed by atoms with Crippen LogP contribution in [0, 0.1) is 0 Å². The number of hydrogen-bond donors (Lipinski definition) is 0. The summed E-state index contributed by atoms with van der Waals surface area (Å²) in [5.41, 5.74) is 13.8. The van der Waals surface area contributed by atoms with E-state index in [1.807, 2.05) is 23.5 Å². The Hall–Kier alpha value is -7.40. The summed E-state index contributed by atoms with van der Waals surface area (Å²) in [5, 5.41) is 10.0. The van der Waals surface area contributed by atoms with Crippen molar-refractivity contribution in [3.63, 3.8) is 0 Å². The van der Waals surface area contributed by atoms with Crippen LogP contribution in [0.3, 0.4) is 0 Å². The van der Waals surface area contributed by atoms with Gasteiger partial charge in [-0.15, -0.1) is 11.3 Å². The molecule has 0 saturated carbocycles. The van der Waals surface area contributed by atoms with Crippen molar-refractivity contribution in [3.05, 3.63) is 194 Å². The van der Waals surface area contributed by atoms with E-state index in [9.17, 15) is 0 Å². The largest absolute Gasteiger partial charge is 0.456 e. The van der Waals surface area contributed by atoms with Gasteiger partial charge in [0.25, 0.3) is 0 Å². The van der Waals surface area contributed by atoms with Gasteiger partial charge < -0.3 is 13.6 Å². The number of thiophene rings is 1. The van der Waals surface area contributed by atoms with E-state index in [4.69, 9.17) is 4.42 Å². The molecule has 0 aliphatic carbocycles. The normalized spacial score (nSPS) is 12.1. The highest BCUT2D eigenvalue weighted by Crippen LogP contribution is 2.45. The molecule has 0 bridgehead atoms. The van der Waals surface area contributed by atoms with Gasteiger partial charge in [-0.25, -0.2) is 0 Å². The number of para-hydroxylation sites is 4. The van der Waals surface area contributed by atoms with Crippen molar-refractivity contribution in [1.29, 1.82) is 0 Å². The number of rotatable bonds is 4. The lowest BCUT2D eigenvalue weighted by Gasteiger charge is -2.11. The fourth-order valence-electron chi connectivity index (χ4n) is 9.50. The van der Waals surface area contributed by atoms with Crippen molar-refractivity contribution >= 4 is 97.1 Å². The van der Waals surface area contributed by atoms with Gasteiger partial charge in [0.1, 0.15) is 11.2 Å². The highest BCUT2D eigenvalue weighted by atomic mass is 32.1. The molecule has 0 aliphatic heterocycles. The number of benzene rings is 9. The first-order valence-electron chi connectivity index (χ1n) is 19.7. The summed E-state index contributed by atoms with van der Waals surface area (Å²) >= 11 is 1.90. The van der Waals surface area contributed by atoms with E-state index >= 15 is 0 Å². The van der Waals surface area contributed by atoms with E-state index in [0.29, 0.717) is 0 Å². The Morgan fingerprint density at radius 2 is 0.914 bits per heavy atom. The fourth-order valence-corrected chi connectivity index (χ4v) is 10.7. The van der Waals surface area contributed by atoms with Crippen LogP contribution in [-0.2, 0) is 0 Å². The molecule has 0 spiro atoms. The minimum absolute atomic E-state index is 0.914.